The summed E-state index contributed by atoms with van der Waals surface area (Å²) in [5.74, 6) is 3.99. The average Bonchev–Trinajstić information content (AvgIpc) is 2.36. The van der Waals surface area contributed by atoms with Gasteiger partial charge >= 0.3 is 0 Å². The Morgan fingerprint density at radius 1 is 0.833 bits per heavy atom. The Bertz CT molecular complexity index is 186. The van der Waals surface area contributed by atoms with Crippen LogP contribution in [0.2, 0.25) is 0 Å². The van der Waals surface area contributed by atoms with Crippen molar-refractivity contribution in [3.05, 3.63) is 0 Å². The molecule has 108 valence electrons. The lowest BCUT2D eigenvalue weighted by atomic mass is 9.78. The summed E-state index contributed by atoms with van der Waals surface area (Å²) in [5, 5.41) is 0. The molecule has 1 unspecified atom stereocenters. The Hall–Kier alpha value is 0. The fraction of sp³-hybridized carbons (Fsp3) is 1.00. The van der Waals surface area contributed by atoms with Gasteiger partial charge in [0, 0.05) is 0 Å². The molecule has 0 heteroatoms. The molecule has 0 aromatic carbocycles. The summed E-state index contributed by atoms with van der Waals surface area (Å²) < 4.78 is 0. The summed E-state index contributed by atoms with van der Waals surface area (Å²) >= 11 is 0. The van der Waals surface area contributed by atoms with Crippen molar-refractivity contribution in [1.82, 2.24) is 0 Å². The van der Waals surface area contributed by atoms with Crippen molar-refractivity contribution in [2.24, 2.45) is 23.7 Å². The first-order valence-electron chi connectivity index (χ1n) is 8.61. The van der Waals surface area contributed by atoms with Gasteiger partial charge in [0.25, 0.3) is 0 Å². The van der Waals surface area contributed by atoms with Gasteiger partial charge in [-0.1, -0.05) is 91.9 Å². The molecule has 1 saturated carbocycles. The van der Waals surface area contributed by atoms with E-state index in [1.165, 1.54) is 64.2 Å². The third kappa shape index (κ3) is 6.81. The minimum absolute atomic E-state index is 0.890. The first-order chi connectivity index (χ1) is 8.61. The van der Waals surface area contributed by atoms with Gasteiger partial charge < -0.3 is 0 Å². The highest BCUT2D eigenvalue weighted by molar-refractivity contribution is 4.72. The van der Waals surface area contributed by atoms with Gasteiger partial charge in [-0.15, -0.1) is 0 Å². The summed E-state index contributed by atoms with van der Waals surface area (Å²) in [5.41, 5.74) is 0. The number of hydrogen-bond acceptors (Lipinski definition) is 0. The Labute approximate surface area is 116 Å². The summed E-state index contributed by atoms with van der Waals surface area (Å²) in [4.78, 5) is 0. The fourth-order valence-electron chi connectivity index (χ4n) is 3.47. The van der Waals surface area contributed by atoms with Crippen LogP contribution in [0.3, 0.4) is 0 Å². The van der Waals surface area contributed by atoms with Crippen molar-refractivity contribution in [2.45, 2.75) is 91.9 Å². The van der Waals surface area contributed by atoms with Crippen LogP contribution in [0.25, 0.3) is 0 Å². The van der Waals surface area contributed by atoms with Gasteiger partial charge in [-0.2, -0.15) is 0 Å². The van der Waals surface area contributed by atoms with E-state index in [4.69, 9.17) is 0 Å². The molecule has 1 fully saturated rings. The lowest BCUT2D eigenvalue weighted by molar-refractivity contribution is 0.244. The zero-order chi connectivity index (χ0) is 13.4. The molecule has 0 aromatic heterocycles. The van der Waals surface area contributed by atoms with E-state index in [9.17, 15) is 0 Å². The standard InChI is InChI=1S/C18H36/c1-5-17-11-13-18(14-12-17)10-9-16(4)8-6-7-15(2)3/h15-18H,5-14H2,1-4H3. The average molecular weight is 252 g/mol. The highest BCUT2D eigenvalue weighted by atomic mass is 14.3. The Balaban J connectivity index is 2.02. The van der Waals surface area contributed by atoms with Crippen molar-refractivity contribution in [1.29, 1.82) is 0 Å². The van der Waals surface area contributed by atoms with Gasteiger partial charge in [-0.05, 0) is 23.7 Å². The normalized spacial score (nSPS) is 26.5. The summed E-state index contributed by atoms with van der Waals surface area (Å²) in [6, 6.07) is 0. The van der Waals surface area contributed by atoms with Gasteiger partial charge in [-0.3, -0.25) is 0 Å². The topological polar surface area (TPSA) is 0 Å². The zero-order valence-electron chi connectivity index (χ0n) is 13.4. The maximum absolute atomic E-state index is 2.47. The molecular formula is C18H36. The van der Waals surface area contributed by atoms with Crippen LogP contribution < -0.4 is 0 Å². The molecule has 1 aliphatic rings. The van der Waals surface area contributed by atoms with Crippen molar-refractivity contribution >= 4 is 0 Å². The van der Waals surface area contributed by atoms with E-state index < -0.39 is 0 Å². The predicted molar refractivity (Wildman–Crippen MR) is 82.8 cm³/mol. The molecule has 0 N–H and O–H groups in total. The second-order valence-corrected chi connectivity index (χ2v) is 7.30. The Morgan fingerprint density at radius 2 is 1.44 bits per heavy atom. The SMILES string of the molecule is CCC1CCC(CCC(C)CCCC(C)C)CC1. The van der Waals surface area contributed by atoms with Crippen LogP contribution >= 0.6 is 0 Å². The van der Waals surface area contributed by atoms with E-state index >= 15 is 0 Å². The quantitative estimate of drug-likeness (QED) is 0.466. The number of hydrogen-bond donors (Lipinski definition) is 0. The monoisotopic (exact) mass is 252 g/mol. The molecule has 1 aliphatic carbocycles. The summed E-state index contributed by atoms with van der Waals surface area (Å²) in [6.07, 6.45) is 14.8. The Kier molecular flexibility index (Phi) is 8.02. The lowest BCUT2D eigenvalue weighted by Crippen LogP contribution is -2.14. The van der Waals surface area contributed by atoms with E-state index in [2.05, 4.69) is 27.7 Å². The maximum atomic E-state index is 2.47. The number of rotatable bonds is 8. The van der Waals surface area contributed by atoms with Gasteiger partial charge in [0.15, 0.2) is 0 Å². The van der Waals surface area contributed by atoms with Crippen LogP contribution in [0.1, 0.15) is 91.9 Å². The van der Waals surface area contributed by atoms with Gasteiger partial charge in [0.1, 0.15) is 0 Å². The molecule has 0 saturated heterocycles. The van der Waals surface area contributed by atoms with Crippen molar-refractivity contribution < 1.29 is 0 Å². The van der Waals surface area contributed by atoms with E-state index in [1.54, 1.807) is 0 Å². The first kappa shape index (κ1) is 16.1. The van der Waals surface area contributed by atoms with Crippen LogP contribution in [0, 0.1) is 23.7 Å². The second-order valence-electron chi connectivity index (χ2n) is 7.30. The molecule has 18 heavy (non-hydrogen) atoms. The molecule has 0 amide bonds. The molecule has 0 nitrogen and oxygen atoms in total. The lowest BCUT2D eigenvalue weighted by Gasteiger charge is -2.28. The van der Waals surface area contributed by atoms with E-state index in [1.807, 2.05) is 0 Å². The van der Waals surface area contributed by atoms with Crippen molar-refractivity contribution in [2.75, 3.05) is 0 Å². The predicted octanol–water partition coefficient (Wildman–Crippen LogP) is 6.45. The van der Waals surface area contributed by atoms with Gasteiger partial charge in [-0.25, -0.2) is 0 Å². The van der Waals surface area contributed by atoms with E-state index in [-0.39, 0.29) is 0 Å². The third-order valence-electron chi connectivity index (χ3n) is 5.09. The smallest absolute Gasteiger partial charge is 0.0414 e. The first-order valence-corrected chi connectivity index (χ1v) is 8.61. The fourth-order valence-corrected chi connectivity index (χ4v) is 3.47. The molecule has 0 aliphatic heterocycles. The van der Waals surface area contributed by atoms with Crippen molar-refractivity contribution in [3.8, 4) is 0 Å². The summed E-state index contributed by atoms with van der Waals surface area (Å²) in [7, 11) is 0. The molecule has 0 bridgehead atoms. The van der Waals surface area contributed by atoms with E-state index in [0.717, 1.165) is 23.7 Å². The van der Waals surface area contributed by atoms with Crippen LogP contribution in [0.4, 0.5) is 0 Å². The van der Waals surface area contributed by atoms with Crippen molar-refractivity contribution in [3.63, 3.8) is 0 Å². The van der Waals surface area contributed by atoms with Crippen LogP contribution in [0.15, 0.2) is 0 Å². The maximum Gasteiger partial charge on any atom is -0.0414 e. The van der Waals surface area contributed by atoms with Crippen LogP contribution in [0.5, 0.6) is 0 Å². The van der Waals surface area contributed by atoms with Crippen LogP contribution in [-0.4, -0.2) is 0 Å². The molecular weight excluding hydrogens is 216 g/mol. The van der Waals surface area contributed by atoms with Crippen LogP contribution in [-0.2, 0) is 0 Å². The molecule has 1 rings (SSSR count). The third-order valence-corrected chi connectivity index (χ3v) is 5.09. The molecule has 1 atom stereocenters. The molecule has 0 radical (unpaired) electrons. The van der Waals surface area contributed by atoms with Gasteiger partial charge in [0.05, 0.1) is 0 Å². The minimum Gasteiger partial charge on any atom is -0.0651 e. The largest absolute Gasteiger partial charge is 0.0651 e. The summed E-state index contributed by atoms with van der Waals surface area (Å²) in [6.45, 7) is 9.52. The zero-order valence-corrected chi connectivity index (χ0v) is 13.4. The highest BCUT2D eigenvalue weighted by Crippen LogP contribution is 2.34. The Morgan fingerprint density at radius 3 is 2.00 bits per heavy atom. The van der Waals surface area contributed by atoms with Gasteiger partial charge in [0.2, 0.25) is 0 Å². The minimum atomic E-state index is 0.890. The highest BCUT2D eigenvalue weighted by Gasteiger charge is 2.20. The second kappa shape index (κ2) is 8.99. The molecule has 0 aromatic rings. The molecule has 0 heterocycles. The van der Waals surface area contributed by atoms with E-state index in [0.29, 0.717) is 0 Å². The molecule has 0 spiro atoms.